The Bertz CT molecular complexity index is 341. The molecule has 0 radical (unpaired) electrons. The van der Waals surface area contributed by atoms with Crippen molar-refractivity contribution in [2.75, 3.05) is 26.8 Å². The van der Waals surface area contributed by atoms with Crippen LogP contribution in [0.1, 0.15) is 31.7 Å². The molecule has 1 N–H and O–H groups in total. The quantitative estimate of drug-likeness (QED) is 0.718. The van der Waals surface area contributed by atoms with Gasteiger partial charge in [-0.3, -0.25) is 0 Å². The van der Waals surface area contributed by atoms with E-state index in [2.05, 4.69) is 19.2 Å². The minimum atomic E-state index is -0.170. The first-order chi connectivity index (χ1) is 8.63. The lowest BCUT2D eigenvalue weighted by atomic mass is 9.96. The Hall–Kier alpha value is -0.930. The monoisotopic (exact) mass is 253 g/mol. The summed E-state index contributed by atoms with van der Waals surface area (Å²) in [5.41, 5.74) is 1.04. The smallest absolute Gasteiger partial charge is 0.123 e. The summed E-state index contributed by atoms with van der Waals surface area (Å²) in [6, 6.07) is 6.84. The van der Waals surface area contributed by atoms with Crippen molar-refractivity contribution < 1.29 is 9.13 Å². The molecule has 0 fully saturated rings. The number of hydrogen-bond acceptors (Lipinski definition) is 2. The second-order valence-electron chi connectivity index (χ2n) is 5.07. The van der Waals surface area contributed by atoms with Gasteiger partial charge >= 0.3 is 0 Å². The summed E-state index contributed by atoms with van der Waals surface area (Å²) in [6.07, 6.45) is 0.914. The van der Waals surface area contributed by atoms with Crippen molar-refractivity contribution in [1.82, 2.24) is 5.32 Å². The van der Waals surface area contributed by atoms with Crippen LogP contribution in [0.5, 0.6) is 0 Å². The summed E-state index contributed by atoms with van der Waals surface area (Å²) in [5.74, 6) is 0.691. The molecular formula is C15H24FNO. The number of ether oxygens (including phenoxy) is 1. The fourth-order valence-corrected chi connectivity index (χ4v) is 1.94. The van der Waals surface area contributed by atoms with Gasteiger partial charge in [0, 0.05) is 19.8 Å². The third-order valence-electron chi connectivity index (χ3n) is 2.83. The summed E-state index contributed by atoms with van der Waals surface area (Å²) in [6.45, 7) is 6.63. The first-order valence-electron chi connectivity index (χ1n) is 6.61. The Morgan fingerprint density at radius 2 is 2.11 bits per heavy atom. The van der Waals surface area contributed by atoms with E-state index in [0.29, 0.717) is 11.8 Å². The molecule has 3 heteroatoms. The molecule has 0 bridgehead atoms. The highest BCUT2D eigenvalue weighted by molar-refractivity contribution is 5.21. The molecule has 0 aliphatic rings. The molecule has 1 atom stereocenters. The lowest BCUT2D eigenvalue weighted by molar-refractivity contribution is 0.103. The van der Waals surface area contributed by atoms with Crippen LogP contribution >= 0.6 is 0 Å². The third kappa shape index (κ3) is 5.61. The van der Waals surface area contributed by atoms with Crippen LogP contribution in [0.3, 0.4) is 0 Å². The van der Waals surface area contributed by atoms with Gasteiger partial charge in [0.15, 0.2) is 0 Å². The zero-order chi connectivity index (χ0) is 13.4. The number of nitrogens with one attached hydrogen (secondary N) is 1. The molecule has 0 saturated heterocycles. The second-order valence-corrected chi connectivity index (χ2v) is 5.07. The molecule has 0 aliphatic heterocycles. The zero-order valence-electron chi connectivity index (χ0n) is 11.6. The maximum atomic E-state index is 13.2. The topological polar surface area (TPSA) is 21.3 Å². The van der Waals surface area contributed by atoms with Gasteiger partial charge in [-0.05, 0) is 43.0 Å². The Labute approximate surface area is 110 Å². The number of likely N-dealkylation sites (N-methyl/N-ethyl adjacent to an activating group) is 1. The molecule has 2 nitrogen and oxygen atoms in total. The summed E-state index contributed by atoms with van der Waals surface area (Å²) >= 11 is 0. The predicted molar refractivity (Wildman–Crippen MR) is 73.3 cm³/mol. The molecule has 1 rings (SSSR count). The molecular weight excluding hydrogens is 229 g/mol. The van der Waals surface area contributed by atoms with E-state index in [1.165, 1.54) is 6.07 Å². The number of halogens is 1. The van der Waals surface area contributed by atoms with E-state index < -0.39 is 0 Å². The van der Waals surface area contributed by atoms with E-state index >= 15 is 0 Å². The van der Waals surface area contributed by atoms with Crippen LogP contribution in [0.15, 0.2) is 24.3 Å². The minimum Gasteiger partial charge on any atom is -0.381 e. The molecule has 0 aliphatic carbocycles. The van der Waals surface area contributed by atoms with Gasteiger partial charge in [0.1, 0.15) is 5.82 Å². The maximum absolute atomic E-state index is 13.2. The van der Waals surface area contributed by atoms with Gasteiger partial charge in [0.25, 0.3) is 0 Å². The van der Waals surface area contributed by atoms with Crippen LogP contribution in [-0.2, 0) is 4.74 Å². The SMILES string of the molecule is CNCC(CCOCC(C)C)c1cccc(F)c1. The maximum Gasteiger partial charge on any atom is 0.123 e. The van der Waals surface area contributed by atoms with Crippen LogP contribution in [0.4, 0.5) is 4.39 Å². The second kappa shape index (κ2) is 8.22. The lowest BCUT2D eigenvalue weighted by Gasteiger charge is -2.17. The predicted octanol–water partition coefficient (Wildman–Crippen LogP) is 3.19. The lowest BCUT2D eigenvalue weighted by Crippen LogP contribution is -2.19. The van der Waals surface area contributed by atoms with Gasteiger partial charge in [-0.1, -0.05) is 26.0 Å². The van der Waals surface area contributed by atoms with Gasteiger partial charge in [0.2, 0.25) is 0 Å². The van der Waals surface area contributed by atoms with Crippen LogP contribution in [0.25, 0.3) is 0 Å². The largest absolute Gasteiger partial charge is 0.381 e. The van der Waals surface area contributed by atoms with E-state index in [1.807, 2.05) is 13.1 Å². The van der Waals surface area contributed by atoms with Crippen molar-refractivity contribution in [3.8, 4) is 0 Å². The Kier molecular flexibility index (Phi) is 6.91. The van der Waals surface area contributed by atoms with Crippen molar-refractivity contribution in [3.63, 3.8) is 0 Å². The molecule has 1 aromatic rings. The average Bonchev–Trinajstić information content (AvgIpc) is 2.33. The van der Waals surface area contributed by atoms with E-state index in [1.54, 1.807) is 12.1 Å². The van der Waals surface area contributed by atoms with Crippen molar-refractivity contribution in [2.24, 2.45) is 5.92 Å². The van der Waals surface area contributed by atoms with Crippen molar-refractivity contribution in [2.45, 2.75) is 26.2 Å². The Morgan fingerprint density at radius 1 is 1.33 bits per heavy atom. The summed E-state index contributed by atoms with van der Waals surface area (Å²) in [7, 11) is 1.92. The van der Waals surface area contributed by atoms with E-state index in [9.17, 15) is 4.39 Å². The molecule has 1 aromatic carbocycles. The standard InChI is InChI=1S/C15H24FNO/c1-12(2)11-18-8-7-14(10-17-3)13-5-4-6-15(16)9-13/h4-6,9,12,14,17H,7-8,10-11H2,1-3H3. The fourth-order valence-electron chi connectivity index (χ4n) is 1.94. The number of rotatable bonds is 8. The highest BCUT2D eigenvalue weighted by Crippen LogP contribution is 2.20. The summed E-state index contributed by atoms with van der Waals surface area (Å²) in [5, 5.41) is 3.16. The van der Waals surface area contributed by atoms with Crippen LogP contribution in [0.2, 0.25) is 0 Å². The van der Waals surface area contributed by atoms with Crippen LogP contribution < -0.4 is 5.32 Å². The number of hydrogen-bond donors (Lipinski definition) is 1. The molecule has 0 spiro atoms. The molecule has 0 heterocycles. The molecule has 0 aromatic heterocycles. The molecule has 102 valence electrons. The minimum absolute atomic E-state index is 0.170. The van der Waals surface area contributed by atoms with Crippen molar-refractivity contribution in [3.05, 3.63) is 35.6 Å². The first kappa shape index (κ1) is 15.1. The first-order valence-corrected chi connectivity index (χ1v) is 6.61. The van der Waals surface area contributed by atoms with Gasteiger partial charge < -0.3 is 10.1 Å². The zero-order valence-corrected chi connectivity index (χ0v) is 11.6. The molecule has 18 heavy (non-hydrogen) atoms. The summed E-state index contributed by atoms with van der Waals surface area (Å²) in [4.78, 5) is 0. The van der Waals surface area contributed by atoms with Gasteiger partial charge in [0.05, 0.1) is 0 Å². The van der Waals surface area contributed by atoms with Crippen LogP contribution in [0, 0.1) is 11.7 Å². The van der Waals surface area contributed by atoms with Crippen molar-refractivity contribution >= 4 is 0 Å². The fraction of sp³-hybridized carbons (Fsp3) is 0.600. The van der Waals surface area contributed by atoms with Crippen LogP contribution in [-0.4, -0.2) is 26.8 Å². The van der Waals surface area contributed by atoms with E-state index in [4.69, 9.17) is 4.74 Å². The molecule has 0 saturated carbocycles. The normalized spacial score (nSPS) is 12.9. The van der Waals surface area contributed by atoms with E-state index in [-0.39, 0.29) is 5.82 Å². The van der Waals surface area contributed by atoms with Gasteiger partial charge in [-0.15, -0.1) is 0 Å². The highest BCUT2D eigenvalue weighted by Gasteiger charge is 2.11. The molecule has 1 unspecified atom stereocenters. The van der Waals surface area contributed by atoms with Crippen molar-refractivity contribution in [1.29, 1.82) is 0 Å². The van der Waals surface area contributed by atoms with Gasteiger partial charge in [-0.2, -0.15) is 0 Å². The van der Waals surface area contributed by atoms with Gasteiger partial charge in [-0.25, -0.2) is 4.39 Å². The van der Waals surface area contributed by atoms with E-state index in [0.717, 1.165) is 31.7 Å². The number of benzene rings is 1. The Balaban J connectivity index is 2.49. The average molecular weight is 253 g/mol. The Morgan fingerprint density at radius 3 is 2.72 bits per heavy atom. The summed E-state index contributed by atoms with van der Waals surface area (Å²) < 4.78 is 18.8. The third-order valence-corrected chi connectivity index (χ3v) is 2.83. The molecule has 0 amide bonds. The highest BCUT2D eigenvalue weighted by atomic mass is 19.1.